The Hall–Kier alpha value is -1.26. The molecule has 0 aliphatic carbocycles. The summed E-state index contributed by atoms with van der Waals surface area (Å²) in [4.78, 5) is 14.3. The van der Waals surface area contributed by atoms with Gasteiger partial charge in [0.25, 0.3) is 0 Å². The number of rotatable bonds is 4. The summed E-state index contributed by atoms with van der Waals surface area (Å²) in [5.41, 5.74) is 7.95. The molecule has 1 aliphatic heterocycles. The maximum atomic E-state index is 12.3. The van der Waals surface area contributed by atoms with E-state index in [4.69, 9.17) is 10.5 Å². The predicted molar refractivity (Wildman–Crippen MR) is 87.0 cm³/mol. The lowest BCUT2D eigenvalue weighted by Gasteiger charge is -2.22. The number of carbonyl (C=O) groups excluding carboxylic acids is 1. The van der Waals surface area contributed by atoms with Gasteiger partial charge in [-0.05, 0) is 42.5 Å². The maximum absolute atomic E-state index is 12.3. The molecule has 0 radical (unpaired) electrons. The van der Waals surface area contributed by atoms with Crippen LogP contribution >= 0.6 is 12.4 Å². The minimum atomic E-state index is 0. The number of likely N-dealkylation sites (tertiary alicyclic amines) is 1. The smallest absolute Gasteiger partial charge is 0.227 e. The van der Waals surface area contributed by atoms with E-state index in [1.165, 1.54) is 0 Å². The molecular formula is C16H25ClN2O2. The standard InChI is InChI=1S/C16H24N2O2.ClH/c1-12-4-5-13(8-14(12)20-3)9-15(19)18-7-6-16(2,10-17)11-18;/h4-5,8H,6-7,9-11,17H2,1-3H3;1H. The van der Waals surface area contributed by atoms with Gasteiger partial charge in [0.15, 0.2) is 0 Å². The van der Waals surface area contributed by atoms with E-state index in [9.17, 15) is 4.79 Å². The average Bonchev–Trinajstić information content (AvgIpc) is 2.84. The Kier molecular flexibility index (Phi) is 6.05. The zero-order chi connectivity index (χ0) is 14.8. The number of methoxy groups -OCH3 is 1. The Morgan fingerprint density at radius 2 is 2.19 bits per heavy atom. The number of nitrogens with two attached hydrogens (primary N) is 1. The minimum absolute atomic E-state index is 0. The molecule has 1 aromatic carbocycles. The van der Waals surface area contributed by atoms with E-state index in [2.05, 4.69) is 6.92 Å². The summed E-state index contributed by atoms with van der Waals surface area (Å²) in [5, 5.41) is 0. The van der Waals surface area contributed by atoms with E-state index in [1.54, 1.807) is 7.11 Å². The van der Waals surface area contributed by atoms with E-state index in [0.717, 1.165) is 36.4 Å². The van der Waals surface area contributed by atoms with Gasteiger partial charge < -0.3 is 15.4 Å². The number of amides is 1. The monoisotopic (exact) mass is 312 g/mol. The van der Waals surface area contributed by atoms with Crippen LogP contribution in [-0.4, -0.2) is 37.6 Å². The molecule has 0 saturated carbocycles. The van der Waals surface area contributed by atoms with Gasteiger partial charge in [-0.3, -0.25) is 4.79 Å². The van der Waals surface area contributed by atoms with Gasteiger partial charge >= 0.3 is 0 Å². The first-order valence-corrected chi connectivity index (χ1v) is 7.09. The highest BCUT2D eigenvalue weighted by Gasteiger charge is 2.34. The molecule has 4 nitrogen and oxygen atoms in total. The first-order valence-electron chi connectivity index (χ1n) is 7.09. The molecule has 0 aromatic heterocycles. The highest BCUT2D eigenvalue weighted by Crippen LogP contribution is 2.29. The van der Waals surface area contributed by atoms with Crippen molar-refractivity contribution >= 4 is 18.3 Å². The lowest BCUT2D eigenvalue weighted by molar-refractivity contribution is -0.129. The fourth-order valence-corrected chi connectivity index (χ4v) is 2.66. The number of carbonyl (C=O) groups is 1. The topological polar surface area (TPSA) is 55.6 Å². The third-order valence-corrected chi connectivity index (χ3v) is 4.23. The van der Waals surface area contributed by atoms with E-state index < -0.39 is 0 Å². The van der Waals surface area contributed by atoms with Crippen molar-refractivity contribution in [2.24, 2.45) is 11.1 Å². The van der Waals surface area contributed by atoms with Crippen LogP contribution < -0.4 is 10.5 Å². The SMILES string of the molecule is COc1cc(CC(=O)N2CCC(C)(CN)C2)ccc1C.Cl. The van der Waals surface area contributed by atoms with Crippen molar-refractivity contribution in [3.05, 3.63) is 29.3 Å². The van der Waals surface area contributed by atoms with Gasteiger partial charge in [0, 0.05) is 13.1 Å². The summed E-state index contributed by atoms with van der Waals surface area (Å²) in [6, 6.07) is 5.94. The van der Waals surface area contributed by atoms with Gasteiger partial charge in [0.05, 0.1) is 13.5 Å². The molecule has 21 heavy (non-hydrogen) atoms. The molecule has 1 aliphatic rings. The molecule has 1 aromatic rings. The second kappa shape index (κ2) is 7.14. The average molecular weight is 313 g/mol. The van der Waals surface area contributed by atoms with Crippen molar-refractivity contribution < 1.29 is 9.53 Å². The van der Waals surface area contributed by atoms with Crippen molar-refractivity contribution in [2.75, 3.05) is 26.7 Å². The van der Waals surface area contributed by atoms with E-state index in [-0.39, 0.29) is 23.7 Å². The van der Waals surface area contributed by atoms with Crippen molar-refractivity contribution in [3.63, 3.8) is 0 Å². The second-order valence-corrected chi connectivity index (χ2v) is 6.06. The first kappa shape index (κ1) is 17.8. The number of hydrogen-bond acceptors (Lipinski definition) is 3. The van der Waals surface area contributed by atoms with Crippen LogP contribution in [0.25, 0.3) is 0 Å². The summed E-state index contributed by atoms with van der Waals surface area (Å²) in [6.45, 7) is 6.36. The number of aryl methyl sites for hydroxylation is 1. The molecule has 1 saturated heterocycles. The van der Waals surface area contributed by atoms with E-state index in [1.807, 2.05) is 30.0 Å². The summed E-state index contributed by atoms with van der Waals surface area (Å²) in [6.07, 6.45) is 1.42. The Labute approximate surface area is 133 Å². The Morgan fingerprint density at radius 3 is 2.76 bits per heavy atom. The number of nitrogens with zero attached hydrogens (tertiary/aromatic N) is 1. The summed E-state index contributed by atoms with van der Waals surface area (Å²) in [5.74, 6) is 1.01. The number of halogens is 1. The molecule has 1 fully saturated rings. The van der Waals surface area contributed by atoms with Gasteiger partial charge in [-0.1, -0.05) is 19.1 Å². The van der Waals surface area contributed by atoms with Gasteiger partial charge in [0.2, 0.25) is 5.91 Å². The molecule has 1 unspecified atom stereocenters. The van der Waals surface area contributed by atoms with Crippen molar-refractivity contribution in [2.45, 2.75) is 26.7 Å². The lowest BCUT2D eigenvalue weighted by Crippen LogP contribution is -2.35. The highest BCUT2D eigenvalue weighted by molar-refractivity contribution is 5.85. The minimum Gasteiger partial charge on any atom is -0.496 e. The second-order valence-electron chi connectivity index (χ2n) is 6.06. The van der Waals surface area contributed by atoms with Crippen LogP contribution in [0.1, 0.15) is 24.5 Å². The number of ether oxygens (including phenoxy) is 1. The molecular weight excluding hydrogens is 288 g/mol. The molecule has 2 N–H and O–H groups in total. The third kappa shape index (κ3) is 4.11. The van der Waals surface area contributed by atoms with Crippen LogP contribution in [0.2, 0.25) is 0 Å². The van der Waals surface area contributed by atoms with Crippen LogP contribution in [0, 0.1) is 12.3 Å². The lowest BCUT2D eigenvalue weighted by atomic mass is 9.90. The molecule has 2 rings (SSSR count). The first-order chi connectivity index (χ1) is 9.47. The van der Waals surface area contributed by atoms with Crippen LogP contribution in [-0.2, 0) is 11.2 Å². The largest absolute Gasteiger partial charge is 0.496 e. The van der Waals surface area contributed by atoms with Gasteiger partial charge in [-0.25, -0.2) is 0 Å². The molecule has 1 heterocycles. The van der Waals surface area contributed by atoms with Crippen LogP contribution in [0.15, 0.2) is 18.2 Å². The van der Waals surface area contributed by atoms with Crippen molar-refractivity contribution in [1.82, 2.24) is 4.90 Å². The summed E-state index contributed by atoms with van der Waals surface area (Å²) in [7, 11) is 1.65. The Bertz CT molecular complexity index is 507. The molecule has 1 amide bonds. The van der Waals surface area contributed by atoms with E-state index >= 15 is 0 Å². The zero-order valence-electron chi connectivity index (χ0n) is 13.0. The van der Waals surface area contributed by atoms with Crippen molar-refractivity contribution in [3.8, 4) is 5.75 Å². The third-order valence-electron chi connectivity index (χ3n) is 4.23. The van der Waals surface area contributed by atoms with Gasteiger partial charge in [-0.15, -0.1) is 12.4 Å². The number of benzene rings is 1. The maximum Gasteiger partial charge on any atom is 0.227 e. The van der Waals surface area contributed by atoms with E-state index in [0.29, 0.717) is 13.0 Å². The highest BCUT2D eigenvalue weighted by atomic mass is 35.5. The quantitative estimate of drug-likeness (QED) is 0.927. The summed E-state index contributed by atoms with van der Waals surface area (Å²) < 4.78 is 5.30. The van der Waals surface area contributed by atoms with Gasteiger partial charge in [-0.2, -0.15) is 0 Å². The zero-order valence-corrected chi connectivity index (χ0v) is 13.8. The summed E-state index contributed by atoms with van der Waals surface area (Å²) >= 11 is 0. The molecule has 0 spiro atoms. The van der Waals surface area contributed by atoms with Gasteiger partial charge in [0.1, 0.15) is 5.75 Å². The fraction of sp³-hybridized carbons (Fsp3) is 0.562. The fourth-order valence-electron chi connectivity index (χ4n) is 2.66. The van der Waals surface area contributed by atoms with Crippen LogP contribution in [0.5, 0.6) is 5.75 Å². The van der Waals surface area contributed by atoms with Crippen molar-refractivity contribution in [1.29, 1.82) is 0 Å². The Morgan fingerprint density at radius 1 is 1.48 bits per heavy atom. The molecule has 0 bridgehead atoms. The Balaban J connectivity index is 0.00000220. The number of hydrogen-bond donors (Lipinski definition) is 1. The molecule has 5 heteroatoms. The predicted octanol–water partition coefficient (Wildman–Crippen LogP) is 2.17. The van der Waals surface area contributed by atoms with Crippen LogP contribution in [0.3, 0.4) is 0 Å². The van der Waals surface area contributed by atoms with Crippen LogP contribution in [0.4, 0.5) is 0 Å². The molecule has 118 valence electrons. The normalized spacial score (nSPS) is 21.0. The molecule has 1 atom stereocenters.